The number of hydrogen-bond donors (Lipinski definition) is 3. The number of aromatic nitrogens is 3. The van der Waals surface area contributed by atoms with Gasteiger partial charge in [-0.2, -0.15) is 5.10 Å². The summed E-state index contributed by atoms with van der Waals surface area (Å²) < 4.78 is 7.06. The van der Waals surface area contributed by atoms with Crippen LogP contribution < -0.4 is 10.6 Å². The zero-order valence-corrected chi connectivity index (χ0v) is 18.4. The van der Waals surface area contributed by atoms with E-state index in [1.807, 2.05) is 48.5 Å². The summed E-state index contributed by atoms with van der Waals surface area (Å²) in [6, 6.07) is 14.6. The number of amides is 2. The first-order valence-corrected chi connectivity index (χ1v) is 11.0. The van der Waals surface area contributed by atoms with Crippen LogP contribution in [0.2, 0.25) is 0 Å². The van der Waals surface area contributed by atoms with Crippen molar-refractivity contribution in [3.05, 3.63) is 72.3 Å². The van der Waals surface area contributed by atoms with Crippen molar-refractivity contribution in [1.82, 2.24) is 25.4 Å². The Morgan fingerprint density at radius 3 is 2.35 bits per heavy atom. The first-order valence-electron chi connectivity index (χ1n) is 11.0. The number of aryl methyl sites for hydroxylation is 1. The van der Waals surface area contributed by atoms with Gasteiger partial charge in [0.1, 0.15) is 25.3 Å². The van der Waals surface area contributed by atoms with Crippen LogP contribution in [0.25, 0.3) is 11.1 Å². The summed E-state index contributed by atoms with van der Waals surface area (Å²) >= 11 is 0. The molecule has 0 fully saturated rings. The molecular weight excluding hydrogens is 438 g/mol. The van der Waals surface area contributed by atoms with Gasteiger partial charge in [0, 0.05) is 19.0 Å². The number of benzene rings is 2. The molecule has 2 aromatic carbocycles. The van der Waals surface area contributed by atoms with Crippen molar-refractivity contribution in [2.24, 2.45) is 0 Å². The predicted molar refractivity (Wildman–Crippen MR) is 122 cm³/mol. The smallest absolute Gasteiger partial charge is 0.407 e. The SMILES string of the molecule is O=C(O)CC(NC(=O)OCC1c2ccccc2-c2ccccc21)C(=O)NCCCn1cncn1. The maximum Gasteiger partial charge on any atom is 0.407 e. The van der Waals surface area contributed by atoms with E-state index in [0.717, 1.165) is 22.3 Å². The number of carbonyl (C=O) groups excluding carboxylic acids is 2. The fraction of sp³-hybridized carbons (Fsp3) is 0.292. The largest absolute Gasteiger partial charge is 0.481 e. The molecule has 1 atom stereocenters. The minimum atomic E-state index is -1.25. The molecule has 0 spiro atoms. The quantitative estimate of drug-likeness (QED) is 0.392. The third kappa shape index (κ3) is 5.40. The molecule has 1 unspecified atom stereocenters. The van der Waals surface area contributed by atoms with Gasteiger partial charge in [0.15, 0.2) is 0 Å². The van der Waals surface area contributed by atoms with Crippen molar-refractivity contribution in [1.29, 1.82) is 0 Å². The van der Waals surface area contributed by atoms with Crippen LogP contribution in [0.3, 0.4) is 0 Å². The second-order valence-corrected chi connectivity index (χ2v) is 7.92. The molecule has 34 heavy (non-hydrogen) atoms. The molecule has 1 aliphatic rings. The Morgan fingerprint density at radius 1 is 1.06 bits per heavy atom. The third-order valence-corrected chi connectivity index (χ3v) is 5.66. The fourth-order valence-corrected chi connectivity index (χ4v) is 4.09. The first-order chi connectivity index (χ1) is 16.5. The molecule has 0 bridgehead atoms. The van der Waals surface area contributed by atoms with E-state index in [1.54, 1.807) is 11.0 Å². The van der Waals surface area contributed by atoms with Crippen LogP contribution >= 0.6 is 0 Å². The highest BCUT2D eigenvalue weighted by molar-refractivity contribution is 5.89. The van der Waals surface area contributed by atoms with Gasteiger partial charge in [-0.05, 0) is 28.7 Å². The number of nitrogens with zero attached hydrogens (tertiary/aromatic N) is 3. The van der Waals surface area contributed by atoms with Crippen LogP contribution in [-0.4, -0.2) is 57.0 Å². The number of fused-ring (bicyclic) bond motifs is 3. The molecule has 1 aromatic heterocycles. The summed E-state index contributed by atoms with van der Waals surface area (Å²) in [4.78, 5) is 40.0. The lowest BCUT2D eigenvalue weighted by molar-refractivity contribution is -0.139. The average molecular weight is 463 g/mol. The zero-order valence-electron chi connectivity index (χ0n) is 18.4. The summed E-state index contributed by atoms with van der Waals surface area (Å²) in [6.45, 7) is 0.907. The van der Waals surface area contributed by atoms with Crippen LogP contribution in [0.5, 0.6) is 0 Å². The molecule has 3 aromatic rings. The Balaban J connectivity index is 1.32. The molecule has 3 N–H and O–H groups in total. The Labute approximate surface area is 196 Å². The van der Waals surface area contributed by atoms with Gasteiger partial charge in [0.25, 0.3) is 0 Å². The number of ether oxygens (including phenoxy) is 1. The van der Waals surface area contributed by atoms with Crippen molar-refractivity contribution < 1.29 is 24.2 Å². The van der Waals surface area contributed by atoms with Crippen molar-refractivity contribution in [2.45, 2.75) is 31.3 Å². The topological polar surface area (TPSA) is 135 Å². The van der Waals surface area contributed by atoms with Crippen molar-refractivity contribution in [2.75, 3.05) is 13.2 Å². The summed E-state index contributed by atoms with van der Waals surface area (Å²) in [7, 11) is 0. The van der Waals surface area contributed by atoms with E-state index in [9.17, 15) is 19.5 Å². The van der Waals surface area contributed by atoms with Gasteiger partial charge in [0.2, 0.25) is 5.91 Å². The highest BCUT2D eigenvalue weighted by atomic mass is 16.5. The monoisotopic (exact) mass is 463 g/mol. The third-order valence-electron chi connectivity index (χ3n) is 5.66. The normalized spacial score (nSPS) is 12.9. The van der Waals surface area contributed by atoms with Gasteiger partial charge in [-0.3, -0.25) is 14.3 Å². The van der Waals surface area contributed by atoms with Crippen LogP contribution in [0, 0.1) is 0 Å². The molecule has 10 nitrogen and oxygen atoms in total. The number of carboxylic acid groups (broad SMARTS) is 1. The Morgan fingerprint density at radius 2 is 1.74 bits per heavy atom. The number of rotatable bonds is 10. The van der Waals surface area contributed by atoms with E-state index in [2.05, 4.69) is 20.7 Å². The molecule has 0 saturated carbocycles. The number of aliphatic carboxylic acids is 1. The lowest BCUT2D eigenvalue weighted by atomic mass is 9.98. The highest BCUT2D eigenvalue weighted by Gasteiger charge is 2.30. The zero-order chi connectivity index (χ0) is 23.9. The fourth-order valence-electron chi connectivity index (χ4n) is 4.09. The molecule has 4 rings (SSSR count). The maximum absolute atomic E-state index is 12.5. The van der Waals surface area contributed by atoms with E-state index in [1.165, 1.54) is 6.33 Å². The Bertz CT molecular complexity index is 1120. The molecule has 0 saturated heterocycles. The number of carboxylic acids is 1. The van der Waals surface area contributed by atoms with Gasteiger partial charge in [-0.1, -0.05) is 48.5 Å². The molecule has 0 radical (unpaired) electrons. The molecule has 2 amide bonds. The molecule has 0 aliphatic heterocycles. The molecule has 10 heteroatoms. The van der Waals surface area contributed by atoms with Crippen LogP contribution in [0.1, 0.15) is 29.9 Å². The standard InChI is InChI=1S/C24H25N5O5/c30-22(31)12-21(23(32)26-10-5-11-29-15-25-14-27-29)28-24(33)34-13-20-18-8-3-1-6-16(18)17-7-2-4-9-19(17)20/h1-4,6-9,14-15,20-21H,5,10-13H2,(H,26,32)(H,28,33)(H,30,31). The van der Waals surface area contributed by atoms with Crippen LogP contribution in [0.4, 0.5) is 4.79 Å². The summed E-state index contributed by atoms with van der Waals surface area (Å²) in [5, 5.41) is 18.2. The summed E-state index contributed by atoms with van der Waals surface area (Å²) in [6.07, 6.45) is 2.15. The molecule has 176 valence electrons. The van der Waals surface area contributed by atoms with Crippen LogP contribution in [-0.2, 0) is 20.9 Å². The Hall–Kier alpha value is -4.21. The summed E-state index contributed by atoms with van der Waals surface area (Å²) in [5.41, 5.74) is 4.31. The molecule has 1 heterocycles. The number of nitrogens with one attached hydrogen (secondary N) is 2. The van der Waals surface area contributed by atoms with Crippen LogP contribution in [0.15, 0.2) is 61.2 Å². The second-order valence-electron chi connectivity index (χ2n) is 7.92. The average Bonchev–Trinajstić information content (AvgIpc) is 3.46. The van der Waals surface area contributed by atoms with Gasteiger partial charge >= 0.3 is 12.1 Å². The minimum absolute atomic E-state index is 0.0686. The molecular formula is C24H25N5O5. The molecule has 1 aliphatic carbocycles. The number of hydrogen-bond acceptors (Lipinski definition) is 6. The van der Waals surface area contributed by atoms with Gasteiger partial charge in [-0.25, -0.2) is 9.78 Å². The number of alkyl carbamates (subject to hydrolysis) is 1. The minimum Gasteiger partial charge on any atom is -0.481 e. The van der Waals surface area contributed by atoms with Crippen molar-refractivity contribution in [3.63, 3.8) is 0 Å². The van der Waals surface area contributed by atoms with E-state index >= 15 is 0 Å². The predicted octanol–water partition coefficient (Wildman–Crippen LogP) is 2.17. The first kappa shape index (κ1) is 23.0. The highest BCUT2D eigenvalue weighted by Crippen LogP contribution is 2.44. The lowest BCUT2D eigenvalue weighted by Crippen LogP contribution is -2.48. The van der Waals surface area contributed by atoms with E-state index < -0.39 is 30.4 Å². The van der Waals surface area contributed by atoms with E-state index in [4.69, 9.17) is 4.74 Å². The lowest BCUT2D eigenvalue weighted by Gasteiger charge is -2.18. The number of carbonyl (C=O) groups is 3. The van der Waals surface area contributed by atoms with Gasteiger partial charge in [-0.15, -0.1) is 0 Å². The van der Waals surface area contributed by atoms with E-state index in [0.29, 0.717) is 19.5 Å². The van der Waals surface area contributed by atoms with Crippen molar-refractivity contribution >= 4 is 18.0 Å². The van der Waals surface area contributed by atoms with Crippen molar-refractivity contribution in [3.8, 4) is 11.1 Å². The maximum atomic E-state index is 12.5. The van der Waals surface area contributed by atoms with E-state index in [-0.39, 0.29) is 12.5 Å². The van der Waals surface area contributed by atoms with Gasteiger partial charge in [0.05, 0.1) is 6.42 Å². The summed E-state index contributed by atoms with van der Waals surface area (Å²) in [5.74, 6) is -1.93. The second kappa shape index (κ2) is 10.6. The van der Waals surface area contributed by atoms with Gasteiger partial charge < -0.3 is 20.5 Å². The Kier molecular flexibility index (Phi) is 7.16.